The number of rotatable bonds is 3. The van der Waals surface area contributed by atoms with Crippen molar-refractivity contribution < 1.29 is 9.52 Å². The minimum Gasteiger partial charge on any atom is -0.449 e. The Balaban J connectivity index is 1.91. The molecule has 2 N–H and O–H groups in total. The summed E-state index contributed by atoms with van der Waals surface area (Å²) in [7, 11) is 0. The zero-order valence-electron chi connectivity index (χ0n) is 9.07. The fourth-order valence-electron chi connectivity index (χ4n) is 1.94. The Morgan fingerprint density at radius 3 is 2.93 bits per heavy atom. The van der Waals surface area contributed by atoms with Crippen molar-refractivity contribution in [2.75, 3.05) is 13.1 Å². The second-order valence-corrected chi connectivity index (χ2v) is 4.24. The van der Waals surface area contributed by atoms with Crippen LogP contribution < -0.4 is 5.32 Å². The van der Waals surface area contributed by atoms with Crippen LogP contribution >= 0.6 is 0 Å². The summed E-state index contributed by atoms with van der Waals surface area (Å²) in [6.45, 7) is 3.88. The molecule has 2 rings (SSSR count). The molecule has 1 fully saturated rings. The Hall–Kier alpha value is -0.870. The quantitative estimate of drug-likeness (QED) is 0.788. The predicted octanol–water partition coefficient (Wildman–Crippen LogP) is 1.27. The average molecular weight is 210 g/mol. The van der Waals surface area contributed by atoms with E-state index in [2.05, 4.69) is 10.3 Å². The molecular formula is C11H18N2O2. The standard InChI is InChI=1S/C11H18N2O2/c1-8(14)10-7-15-11(13-10)6-9-2-4-12-5-3-9/h7-9,12,14H,2-6H2,1H3. The monoisotopic (exact) mass is 210 g/mol. The topological polar surface area (TPSA) is 58.3 Å². The largest absolute Gasteiger partial charge is 0.449 e. The van der Waals surface area contributed by atoms with E-state index in [0.717, 1.165) is 25.4 Å². The van der Waals surface area contributed by atoms with Crippen LogP contribution in [0.5, 0.6) is 0 Å². The van der Waals surface area contributed by atoms with Crippen LogP contribution in [0.2, 0.25) is 0 Å². The molecule has 4 heteroatoms. The van der Waals surface area contributed by atoms with E-state index >= 15 is 0 Å². The van der Waals surface area contributed by atoms with Gasteiger partial charge < -0.3 is 14.8 Å². The molecule has 84 valence electrons. The SMILES string of the molecule is CC(O)c1coc(CC2CCNCC2)n1. The summed E-state index contributed by atoms with van der Waals surface area (Å²) < 4.78 is 5.34. The smallest absolute Gasteiger partial charge is 0.194 e. The van der Waals surface area contributed by atoms with Crippen molar-refractivity contribution in [1.29, 1.82) is 0 Å². The van der Waals surface area contributed by atoms with Gasteiger partial charge in [-0.25, -0.2) is 4.98 Å². The maximum absolute atomic E-state index is 9.31. The number of nitrogens with zero attached hydrogens (tertiary/aromatic N) is 1. The molecule has 1 aliphatic rings. The third-order valence-electron chi connectivity index (χ3n) is 2.92. The van der Waals surface area contributed by atoms with Gasteiger partial charge >= 0.3 is 0 Å². The highest BCUT2D eigenvalue weighted by atomic mass is 16.3. The highest BCUT2D eigenvalue weighted by Crippen LogP contribution is 2.19. The normalized spacial score (nSPS) is 20.4. The van der Waals surface area contributed by atoms with Crippen molar-refractivity contribution in [3.8, 4) is 0 Å². The minimum absolute atomic E-state index is 0.532. The Labute approximate surface area is 89.7 Å². The maximum Gasteiger partial charge on any atom is 0.194 e. The van der Waals surface area contributed by atoms with Gasteiger partial charge in [-0.15, -0.1) is 0 Å². The first-order valence-electron chi connectivity index (χ1n) is 5.59. The van der Waals surface area contributed by atoms with Gasteiger partial charge in [-0.05, 0) is 38.8 Å². The maximum atomic E-state index is 9.31. The highest BCUT2D eigenvalue weighted by molar-refractivity contribution is 5.00. The lowest BCUT2D eigenvalue weighted by molar-refractivity contribution is 0.194. The van der Waals surface area contributed by atoms with Crippen LogP contribution in [0.15, 0.2) is 10.7 Å². The van der Waals surface area contributed by atoms with E-state index in [1.54, 1.807) is 13.2 Å². The Morgan fingerprint density at radius 1 is 1.60 bits per heavy atom. The van der Waals surface area contributed by atoms with Crippen LogP contribution in [0.4, 0.5) is 0 Å². The zero-order chi connectivity index (χ0) is 10.7. The minimum atomic E-state index is -0.532. The van der Waals surface area contributed by atoms with Crippen LogP contribution in [-0.4, -0.2) is 23.2 Å². The van der Waals surface area contributed by atoms with Crippen molar-refractivity contribution >= 4 is 0 Å². The van der Waals surface area contributed by atoms with Gasteiger partial charge in [0, 0.05) is 6.42 Å². The molecule has 0 saturated carbocycles. The molecule has 15 heavy (non-hydrogen) atoms. The second-order valence-electron chi connectivity index (χ2n) is 4.24. The predicted molar refractivity (Wildman–Crippen MR) is 56.4 cm³/mol. The van der Waals surface area contributed by atoms with E-state index in [1.807, 2.05) is 0 Å². The summed E-state index contributed by atoms with van der Waals surface area (Å²) >= 11 is 0. The number of piperidine rings is 1. The summed E-state index contributed by atoms with van der Waals surface area (Å²) in [6.07, 6.45) is 4.30. The average Bonchev–Trinajstić information content (AvgIpc) is 2.68. The molecule has 1 aromatic heterocycles. The summed E-state index contributed by atoms with van der Waals surface area (Å²) in [6, 6.07) is 0. The molecule has 0 aliphatic carbocycles. The summed E-state index contributed by atoms with van der Waals surface area (Å²) in [4.78, 5) is 4.27. The summed E-state index contributed by atoms with van der Waals surface area (Å²) in [5, 5.41) is 12.6. The fraction of sp³-hybridized carbons (Fsp3) is 0.727. The number of aromatic nitrogens is 1. The molecule has 1 saturated heterocycles. The van der Waals surface area contributed by atoms with E-state index < -0.39 is 6.10 Å². The van der Waals surface area contributed by atoms with Crippen molar-refractivity contribution in [1.82, 2.24) is 10.3 Å². The molecule has 0 radical (unpaired) electrons. The zero-order valence-corrected chi connectivity index (χ0v) is 9.07. The van der Waals surface area contributed by atoms with E-state index in [-0.39, 0.29) is 0 Å². The Bertz CT molecular complexity index is 303. The molecule has 0 amide bonds. The molecule has 1 atom stereocenters. The van der Waals surface area contributed by atoms with Gasteiger partial charge in [0.05, 0.1) is 6.10 Å². The van der Waals surface area contributed by atoms with Crippen LogP contribution in [0, 0.1) is 5.92 Å². The van der Waals surface area contributed by atoms with Crippen molar-refractivity contribution in [3.05, 3.63) is 17.8 Å². The Kier molecular flexibility index (Phi) is 3.38. The highest BCUT2D eigenvalue weighted by Gasteiger charge is 2.17. The van der Waals surface area contributed by atoms with Crippen LogP contribution in [0.25, 0.3) is 0 Å². The van der Waals surface area contributed by atoms with Crippen molar-refractivity contribution in [3.63, 3.8) is 0 Å². The molecule has 1 unspecified atom stereocenters. The van der Waals surface area contributed by atoms with Crippen molar-refractivity contribution in [2.24, 2.45) is 5.92 Å². The molecule has 0 bridgehead atoms. The van der Waals surface area contributed by atoms with E-state index in [9.17, 15) is 5.11 Å². The van der Waals surface area contributed by atoms with Gasteiger partial charge in [-0.1, -0.05) is 0 Å². The molecule has 1 aliphatic heterocycles. The molecule has 0 aromatic carbocycles. The Morgan fingerprint density at radius 2 is 2.33 bits per heavy atom. The van der Waals surface area contributed by atoms with E-state index in [4.69, 9.17) is 4.42 Å². The molecular weight excluding hydrogens is 192 g/mol. The number of aliphatic hydroxyl groups is 1. The van der Waals surface area contributed by atoms with Crippen LogP contribution in [0.1, 0.15) is 37.5 Å². The number of hydrogen-bond donors (Lipinski definition) is 2. The lowest BCUT2D eigenvalue weighted by Crippen LogP contribution is -2.28. The molecule has 4 nitrogen and oxygen atoms in total. The van der Waals surface area contributed by atoms with Crippen LogP contribution in [0.3, 0.4) is 0 Å². The second kappa shape index (κ2) is 4.77. The lowest BCUT2D eigenvalue weighted by atomic mass is 9.95. The first kappa shape index (κ1) is 10.6. The van der Waals surface area contributed by atoms with Gasteiger partial charge in [-0.2, -0.15) is 0 Å². The van der Waals surface area contributed by atoms with Crippen molar-refractivity contribution in [2.45, 2.75) is 32.3 Å². The van der Waals surface area contributed by atoms with Crippen LogP contribution in [-0.2, 0) is 6.42 Å². The van der Waals surface area contributed by atoms with E-state index in [1.165, 1.54) is 12.8 Å². The van der Waals surface area contributed by atoms with Gasteiger partial charge in [0.1, 0.15) is 12.0 Å². The first-order chi connectivity index (χ1) is 7.25. The van der Waals surface area contributed by atoms with Gasteiger partial charge in [0.2, 0.25) is 0 Å². The van der Waals surface area contributed by atoms with Gasteiger partial charge in [-0.3, -0.25) is 0 Å². The number of nitrogens with one attached hydrogen (secondary N) is 1. The number of hydrogen-bond acceptors (Lipinski definition) is 4. The van der Waals surface area contributed by atoms with E-state index in [0.29, 0.717) is 11.6 Å². The molecule has 2 heterocycles. The summed E-state index contributed by atoms with van der Waals surface area (Å²) in [5.74, 6) is 1.43. The molecule has 0 spiro atoms. The third-order valence-corrected chi connectivity index (χ3v) is 2.92. The first-order valence-corrected chi connectivity index (χ1v) is 5.59. The van der Waals surface area contributed by atoms with Gasteiger partial charge in [0.15, 0.2) is 5.89 Å². The lowest BCUT2D eigenvalue weighted by Gasteiger charge is -2.20. The molecule has 1 aromatic rings. The fourth-order valence-corrected chi connectivity index (χ4v) is 1.94. The number of oxazole rings is 1. The number of aliphatic hydroxyl groups excluding tert-OH is 1. The summed E-state index contributed by atoms with van der Waals surface area (Å²) in [5.41, 5.74) is 0.638. The van der Waals surface area contributed by atoms with Gasteiger partial charge in [0.25, 0.3) is 0 Å². The third kappa shape index (κ3) is 2.79.